The van der Waals surface area contributed by atoms with E-state index in [4.69, 9.17) is 18.9 Å². The van der Waals surface area contributed by atoms with Gasteiger partial charge < -0.3 is 0 Å². The van der Waals surface area contributed by atoms with E-state index in [0.717, 1.165) is 108 Å². The van der Waals surface area contributed by atoms with Gasteiger partial charge >= 0.3 is 446 Å². The number of unbranched alkanes of at least 4 members (excludes halogenated alkanes) is 3. The van der Waals surface area contributed by atoms with Crippen molar-refractivity contribution < 1.29 is 28.5 Å². The van der Waals surface area contributed by atoms with Gasteiger partial charge in [-0.3, -0.25) is 0 Å². The summed E-state index contributed by atoms with van der Waals surface area (Å²) in [5, 5.41) is 7.64. The van der Waals surface area contributed by atoms with E-state index in [1.807, 2.05) is 45.0 Å². The zero-order valence-electron chi connectivity index (χ0n) is 44.6. The molecule has 0 aliphatic carbocycles. The summed E-state index contributed by atoms with van der Waals surface area (Å²) >= 11 is -3.29. The molecule has 2 saturated heterocycles. The molecule has 0 spiro atoms. The molecule has 6 nitrogen and oxygen atoms in total. The normalized spacial score (nSPS) is 21.8. The van der Waals surface area contributed by atoms with Crippen molar-refractivity contribution >= 4 is 73.4 Å². The van der Waals surface area contributed by atoms with Gasteiger partial charge in [0.05, 0.1) is 0 Å². The summed E-state index contributed by atoms with van der Waals surface area (Å²) in [4.78, 5) is 33.2. The Morgan fingerprint density at radius 1 is 0.459 bits per heavy atom. The van der Waals surface area contributed by atoms with Gasteiger partial charge in [-0.25, -0.2) is 0 Å². The van der Waals surface area contributed by atoms with Crippen LogP contribution in [0.2, 0.25) is 17.7 Å². The second kappa shape index (κ2) is 21.2. The number of rotatable bonds is 15. The Labute approximate surface area is 443 Å². The fourth-order valence-corrected chi connectivity index (χ4v) is 32.1. The van der Waals surface area contributed by atoms with Crippen molar-refractivity contribution in [2.75, 3.05) is 0 Å². The molecule has 2 aliphatic rings. The van der Waals surface area contributed by atoms with Gasteiger partial charge in [-0.2, -0.15) is 0 Å². The van der Waals surface area contributed by atoms with Crippen LogP contribution in [0.25, 0.3) is 43.1 Å². The van der Waals surface area contributed by atoms with Gasteiger partial charge in [0.1, 0.15) is 0 Å². The first-order valence-electron chi connectivity index (χ1n) is 27.6. The summed E-state index contributed by atoms with van der Waals surface area (Å²) in [6.45, 7) is 14.9. The van der Waals surface area contributed by atoms with Crippen LogP contribution in [0.15, 0.2) is 170 Å². The molecule has 8 aromatic rings. The fourth-order valence-electron chi connectivity index (χ4n) is 13.4. The van der Waals surface area contributed by atoms with Crippen LogP contribution in [0.4, 0.5) is 0 Å². The molecule has 0 amide bonds. The first-order chi connectivity index (χ1) is 35.8. The van der Waals surface area contributed by atoms with Crippen molar-refractivity contribution in [1.82, 2.24) is 0 Å². The minimum absolute atomic E-state index is 0.262. The molecular weight excluding hydrogens is 1020 g/mol. The zero-order chi connectivity index (χ0) is 51.7. The summed E-state index contributed by atoms with van der Waals surface area (Å²) in [6.07, 6.45) is 4.75. The predicted octanol–water partition coefficient (Wildman–Crippen LogP) is 17.0. The maximum absolute atomic E-state index is 17.0. The molecule has 0 saturated carbocycles. The Morgan fingerprint density at radius 2 is 0.784 bits per heavy atom. The van der Waals surface area contributed by atoms with E-state index in [0.29, 0.717) is 0 Å². The van der Waals surface area contributed by atoms with Crippen molar-refractivity contribution in [2.45, 2.75) is 140 Å². The van der Waals surface area contributed by atoms with Crippen LogP contribution >= 0.6 is 0 Å². The summed E-state index contributed by atoms with van der Waals surface area (Å²) in [5.41, 5.74) is -1.41. The van der Waals surface area contributed by atoms with Gasteiger partial charge in [0.2, 0.25) is 0 Å². The molecule has 8 aromatic carbocycles. The van der Waals surface area contributed by atoms with E-state index < -0.39 is 64.9 Å². The second-order valence-electron chi connectivity index (χ2n) is 22.5. The van der Waals surface area contributed by atoms with Gasteiger partial charge in [-0.05, 0) is 0 Å². The monoisotopic (exact) mass is 1090 g/mol. The Bertz CT molecular complexity index is 3120. The maximum atomic E-state index is 17.0. The van der Waals surface area contributed by atoms with E-state index in [-0.39, 0.29) is 12.4 Å². The number of hydrogen-bond donors (Lipinski definition) is 0. The molecular formula is C67H74O6Sn. The summed E-state index contributed by atoms with van der Waals surface area (Å²) in [7, 11) is 0. The molecule has 0 bridgehead atoms. The Kier molecular flexibility index (Phi) is 14.9. The van der Waals surface area contributed by atoms with Crippen molar-refractivity contribution in [2.24, 2.45) is 11.3 Å². The topological polar surface area (TPSA) is 71.1 Å². The fraction of sp³-hybridized carbons (Fsp3) is 0.373. The van der Waals surface area contributed by atoms with E-state index >= 15 is 9.59 Å². The summed E-state index contributed by atoms with van der Waals surface area (Å²) < 4.78 is 35.6. The zero-order valence-corrected chi connectivity index (χ0v) is 47.5. The summed E-state index contributed by atoms with van der Waals surface area (Å²) in [6, 6.07) is 58.5. The Hall–Kier alpha value is -5.54. The molecule has 0 N–H and O–H groups in total. The predicted molar refractivity (Wildman–Crippen MR) is 305 cm³/mol. The molecule has 4 atom stereocenters. The third kappa shape index (κ3) is 9.36. The number of cyclic esters (lactones) is 2. The number of fused-ring (bicyclic) bond motifs is 5. The molecule has 10 rings (SSSR count). The number of ether oxygens (including phenoxy) is 4. The van der Waals surface area contributed by atoms with Crippen LogP contribution in [0.5, 0.6) is 0 Å². The van der Waals surface area contributed by atoms with E-state index in [1.165, 1.54) is 13.3 Å². The van der Waals surface area contributed by atoms with E-state index in [9.17, 15) is 0 Å². The molecule has 7 heteroatoms. The molecule has 1 unspecified atom stereocenters. The second-order valence-corrected chi connectivity index (χ2v) is 36.4. The number of hydrogen-bond acceptors (Lipinski definition) is 6. The Morgan fingerprint density at radius 3 is 1.14 bits per heavy atom. The minimum atomic E-state index is -3.29. The van der Waals surface area contributed by atoms with Gasteiger partial charge in [0, 0.05) is 0 Å². The standard InChI is InChI=1S/C55H47O6.3C4H9.Sn/c1-35-34-52(2,3)51(57)61-55(46-32-16-24-38-20-8-12-28-42(38)46,47-33-17-25-39-21-9-13-29-43(39)47)49-48(58-53(4,5)59-49)54(60-50(35)56,44-30-14-22-36-18-6-10-26-40(36)44)45-31-15-23-37-19-7-11-27-41(37)45;3*1-3-4-2;/h6-33,35,48-49H,2,34H2,1,3-5H3;3*1,3-4H2,2H3;/t35?,48-,49-,52-;;;;/m1..../s1. The van der Waals surface area contributed by atoms with Gasteiger partial charge in [-0.1, -0.05) is 0 Å². The molecule has 74 heavy (non-hydrogen) atoms. The Balaban J connectivity index is 1.39. The first-order valence-corrected chi connectivity index (χ1v) is 35.6. The van der Waals surface area contributed by atoms with Crippen molar-refractivity contribution in [3.05, 3.63) is 192 Å². The first kappa shape index (κ1) is 51.9. The molecule has 0 radical (unpaired) electrons. The van der Waals surface area contributed by atoms with Crippen LogP contribution in [-0.4, -0.2) is 48.3 Å². The molecule has 2 heterocycles. The number of benzene rings is 8. The number of carbonyl (C=O) groups excluding carboxylic acids is 2. The van der Waals surface area contributed by atoms with Crippen LogP contribution in [0, 0.1) is 11.3 Å². The molecule has 2 fully saturated rings. The molecule has 382 valence electrons. The molecule has 0 aromatic heterocycles. The number of esters is 2. The quantitative estimate of drug-likeness (QED) is 0.0752. The van der Waals surface area contributed by atoms with Crippen molar-refractivity contribution in [1.29, 1.82) is 0 Å². The van der Waals surface area contributed by atoms with Crippen LogP contribution < -0.4 is 0 Å². The van der Waals surface area contributed by atoms with Gasteiger partial charge in [-0.15, -0.1) is 0 Å². The van der Waals surface area contributed by atoms with Gasteiger partial charge in [0.15, 0.2) is 0 Å². The van der Waals surface area contributed by atoms with Gasteiger partial charge in [0.25, 0.3) is 0 Å². The van der Waals surface area contributed by atoms with Crippen LogP contribution in [0.3, 0.4) is 0 Å². The average Bonchev–Trinajstić information content (AvgIpc) is 3.79. The van der Waals surface area contributed by atoms with Crippen molar-refractivity contribution in [3.8, 4) is 0 Å². The number of carbonyl (C=O) groups is 2. The van der Waals surface area contributed by atoms with Crippen molar-refractivity contribution in [3.63, 3.8) is 0 Å². The third-order valence-electron chi connectivity index (χ3n) is 16.8. The SMILES string of the molecule is CCC[CH2][Sn]([CH2]CCC)([CH2]CCC)[CH2][C@@]1(C)CC(C)C(=O)OC(c2cccc3ccccc23)(c2cccc3ccccc23)[C@@H]2OC(C)(C)O[C@H]2C(c2cccc3ccccc23)(c2cccc3ccccc23)OC1=O. The molecule has 2 aliphatic heterocycles. The third-order valence-corrected chi connectivity index (χ3v) is 33.2. The summed E-state index contributed by atoms with van der Waals surface area (Å²) in [5.74, 6) is -2.70. The van der Waals surface area contributed by atoms with Crippen LogP contribution in [-0.2, 0) is 39.7 Å². The van der Waals surface area contributed by atoms with E-state index in [1.54, 1.807) is 0 Å². The van der Waals surface area contributed by atoms with E-state index in [2.05, 4.69) is 173 Å². The van der Waals surface area contributed by atoms with Crippen LogP contribution in [0.1, 0.15) is 116 Å². The average molecular weight is 1090 g/mol.